The molecule has 1 aromatic carbocycles. The van der Waals surface area contributed by atoms with Crippen molar-refractivity contribution in [2.24, 2.45) is 0 Å². The summed E-state index contributed by atoms with van der Waals surface area (Å²) in [6, 6.07) is 18.4. The summed E-state index contributed by atoms with van der Waals surface area (Å²) in [5, 5.41) is 2.47. The Labute approximate surface area is 224 Å². The molecule has 8 nitrogen and oxygen atoms in total. The van der Waals surface area contributed by atoms with Gasteiger partial charge in [-0.05, 0) is 48.4 Å². The van der Waals surface area contributed by atoms with Crippen LogP contribution in [0.1, 0.15) is 33.7 Å². The highest BCUT2D eigenvalue weighted by Gasteiger charge is 2.46. The number of benzene rings is 1. The minimum atomic E-state index is -3.19. The van der Waals surface area contributed by atoms with E-state index in [1.54, 1.807) is 54.0 Å². The number of likely N-dealkylation sites (tertiary alicyclic amines) is 1. The normalized spacial score (nSPS) is 16.6. The van der Waals surface area contributed by atoms with Gasteiger partial charge in [-0.1, -0.05) is 36.4 Å². The van der Waals surface area contributed by atoms with Gasteiger partial charge in [0.15, 0.2) is 0 Å². The van der Waals surface area contributed by atoms with Crippen LogP contribution in [0.3, 0.4) is 0 Å². The molecule has 1 saturated heterocycles. The molecule has 0 aliphatic carbocycles. The van der Waals surface area contributed by atoms with Crippen molar-refractivity contribution in [3.05, 3.63) is 102 Å². The quantitative estimate of drug-likeness (QED) is 0.361. The first-order valence-corrected chi connectivity index (χ1v) is 12.6. The number of nitrogens with one attached hydrogen (secondary N) is 1. The maximum absolute atomic E-state index is 14.9. The standard InChI is InChI=1S/C29H28F2N4O4/c1-20-15-23-10-11-24(38-19-22-9-5-6-13-32-22)16-35(23)26(20)27(36)33-25-17-34(14-12-29(25,30)31)28(37)39-18-21-7-3-2-4-8-21/h2-11,13,15-16,25H,12,14,17-19H2,1H3,(H,33,36). The molecule has 1 unspecified atom stereocenters. The molecule has 1 fully saturated rings. The van der Waals surface area contributed by atoms with Crippen LogP contribution in [-0.2, 0) is 18.0 Å². The second-order valence-electron chi connectivity index (χ2n) is 9.47. The van der Waals surface area contributed by atoms with Crippen LogP contribution in [0.2, 0.25) is 0 Å². The van der Waals surface area contributed by atoms with Gasteiger partial charge in [-0.15, -0.1) is 0 Å². The molecule has 5 rings (SSSR count). The Balaban J connectivity index is 1.28. The average Bonchev–Trinajstić information content (AvgIpc) is 3.27. The molecule has 4 heterocycles. The third kappa shape index (κ3) is 6.00. The fourth-order valence-corrected chi connectivity index (χ4v) is 4.56. The van der Waals surface area contributed by atoms with E-state index in [0.29, 0.717) is 16.8 Å². The van der Waals surface area contributed by atoms with Crippen molar-refractivity contribution in [2.45, 2.75) is 38.5 Å². The number of amides is 2. The molecule has 39 heavy (non-hydrogen) atoms. The predicted molar refractivity (Wildman–Crippen MR) is 140 cm³/mol. The number of fused-ring (bicyclic) bond motifs is 1. The minimum Gasteiger partial charge on any atom is -0.486 e. The maximum atomic E-state index is 14.9. The van der Waals surface area contributed by atoms with Gasteiger partial charge in [0.2, 0.25) is 0 Å². The molecule has 0 bridgehead atoms. The average molecular weight is 535 g/mol. The summed E-state index contributed by atoms with van der Waals surface area (Å²) < 4.78 is 42.5. The van der Waals surface area contributed by atoms with E-state index < -0.39 is 30.4 Å². The summed E-state index contributed by atoms with van der Waals surface area (Å²) in [7, 11) is 0. The third-order valence-corrected chi connectivity index (χ3v) is 6.66. The van der Waals surface area contributed by atoms with Crippen LogP contribution in [0, 0.1) is 6.92 Å². The SMILES string of the molecule is Cc1cc2ccc(OCc3ccccn3)cn2c1C(=O)NC1CN(C(=O)OCc2ccccc2)CCC1(F)F. The van der Waals surface area contributed by atoms with Gasteiger partial charge in [0.25, 0.3) is 11.8 Å². The third-order valence-electron chi connectivity index (χ3n) is 6.66. The Hall–Kier alpha value is -4.47. The van der Waals surface area contributed by atoms with Crippen LogP contribution >= 0.6 is 0 Å². The Morgan fingerprint density at radius 1 is 1.08 bits per heavy atom. The zero-order valence-corrected chi connectivity index (χ0v) is 21.3. The van der Waals surface area contributed by atoms with E-state index in [4.69, 9.17) is 9.47 Å². The van der Waals surface area contributed by atoms with Gasteiger partial charge in [-0.2, -0.15) is 0 Å². The fourth-order valence-electron chi connectivity index (χ4n) is 4.56. The van der Waals surface area contributed by atoms with Gasteiger partial charge in [0.1, 0.15) is 30.7 Å². The topological polar surface area (TPSA) is 85.2 Å². The zero-order valence-electron chi connectivity index (χ0n) is 21.3. The maximum Gasteiger partial charge on any atom is 0.410 e. The molecule has 0 saturated carbocycles. The first kappa shape index (κ1) is 26.1. The number of ether oxygens (including phenoxy) is 2. The molecular weight excluding hydrogens is 506 g/mol. The molecule has 10 heteroatoms. The van der Waals surface area contributed by atoms with E-state index in [0.717, 1.165) is 11.3 Å². The highest BCUT2D eigenvalue weighted by molar-refractivity contribution is 5.96. The molecule has 1 aliphatic heterocycles. The molecular formula is C29H28F2N4O4. The number of carbonyl (C=O) groups is 2. The van der Waals surface area contributed by atoms with Crippen molar-refractivity contribution in [1.29, 1.82) is 0 Å². The number of alkyl halides is 2. The molecule has 4 aromatic rings. The Morgan fingerprint density at radius 3 is 2.64 bits per heavy atom. The molecule has 1 N–H and O–H groups in total. The van der Waals surface area contributed by atoms with Crippen LogP contribution in [0.15, 0.2) is 79.1 Å². The number of pyridine rings is 2. The lowest BCUT2D eigenvalue weighted by molar-refractivity contribution is -0.0781. The number of hydrogen-bond acceptors (Lipinski definition) is 5. The van der Waals surface area contributed by atoms with Crippen molar-refractivity contribution >= 4 is 17.5 Å². The number of nitrogens with zero attached hydrogens (tertiary/aromatic N) is 3. The molecule has 202 valence electrons. The molecule has 1 atom stereocenters. The van der Waals surface area contributed by atoms with Crippen LogP contribution < -0.4 is 10.1 Å². The van der Waals surface area contributed by atoms with Gasteiger partial charge >= 0.3 is 6.09 Å². The van der Waals surface area contributed by atoms with E-state index in [2.05, 4.69) is 10.3 Å². The number of piperidine rings is 1. The minimum absolute atomic E-state index is 0.0314. The van der Waals surface area contributed by atoms with Crippen LogP contribution in [0.5, 0.6) is 5.75 Å². The smallest absolute Gasteiger partial charge is 0.410 e. The Kier molecular flexibility index (Phi) is 7.44. The summed E-state index contributed by atoms with van der Waals surface area (Å²) in [5.74, 6) is -3.37. The van der Waals surface area contributed by atoms with Crippen molar-refractivity contribution in [3.8, 4) is 5.75 Å². The van der Waals surface area contributed by atoms with Crippen LogP contribution in [-0.4, -0.2) is 51.3 Å². The number of rotatable bonds is 7. The molecule has 0 spiro atoms. The molecule has 1 aliphatic rings. The van der Waals surface area contributed by atoms with E-state index in [1.807, 2.05) is 36.4 Å². The highest BCUT2D eigenvalue weighted by Crippen LogP contribution is 2.30. The van der Waals surface area contributed by atoms with Crippen LogP contribution in [0.25, 0.3) is 5.52 Å². The number of aromatic nitrogens is 2. The van der Waals surface area contributed by atoms with Gasteiger partial charge in [0, 0.05) is 24.7 Å². The van der Waals surface area contributed by atoms with Crippen molar-refractivity contribution in [1.82, 2.24) is 19.6 Å². The van der Waals surface area contributed by atoms with Gasteiger partial charge in [0.05, 0.1) is 18.4 Å². The predicted octanol–water partition coefficient (Wildman–Crippen LogP) is 5.00. The number of carbonyl (C=O) groups excluding carboxylic acids is 2. The Morgan fingerprint density at radius 2 is 1.87 bits per heavy atom. The highest BCUT2D eigenvalue weighted by atomic mass is 19.3. The summed E-state index contributed by atoms with van der Waals surface area (Å²) >= 11 is 0. The van der Waals surface area contributed by atoms with Gasteiger partial charge in [-0.25, -0.2) is 13.6 Å². The lowest BCUT2D eigenvalue weighted by atomic mass is 10.0. The molecule has 0 radical (unpaired) electrons. The first-order chi connectivity index (χ1) is 18.8. The van der Waals surface area contributed by atoms with E-state index in [9.17, 15) is 18.4 Å². The Bertz CT molecular complexity index is 1460. The first-order valence-electron chi connectivity index (χ1n) is 12.6. The summed E-state index contributed by atoms with van der Waals surface area (Å²) in [4.78, 5) is 31.4. The lowest BCUT2D eigenvalue weighted by Crippen LogP contribution is -2.59. The molecule has 2 amide bonds. The summed E-state index contributed by atoms with van der Waals surface area (Å²) in [6.07, 6.45) is 2.03. The number of hydrogen-bond donors (Lipinski definition) is 1. The monoisotopic (exact) mass is 534 g/mol. The van der Waals surface area contributed by atoms with Gasteiger partial charge in [-0.3, -0.25) is 9.78 Å². The lowest BCUT2D eigenvalue weighted by Gasteiger charge is -2.38. The molecule has 3 aromatic heterocycles. The van der Waals surface area contributed by atoms with Crippen molar-refractivity contribution in [3.63, 3.8) is 0 Å². The van der Waals surface area contributed by atoms with Crippen molar-refractivity contribution in [2.75, 3.05) is 13.1 Å². The number of aryl methyl sites for hydroxylation is 1. The van der Waals surface area contributed by atoms with E-state index in [-0.39, 0.29) is 32.0 Å². The summed E-state index contributed by atoms with van der Waals surface area (Å²) in [6.45, 7) is 1.47. The number of halogens is 2. The van der Waals surface area contributed by atoms with E-state index in [1.165, 1.54) is 4.90 Å². The second kappa shape index (κ2) is 11.1. The zero-order chi connectivity index (χ0) is 27.4. The summed E-state index contributed by atoms with van der Waals surface area (Å²) in [5.41, 5.74) is 3.08. The van der Waals surface area contributed by atoms with Gasteiger partial charge < -0.3 is 24.1 Å². The fraction of sp³-hybridized carbons (Fsp3) is 0.276. The van der Waals surface area contributed by atoms with Crippen molar-refractivity contribution < 1.29 is 27.8 Å². The second-order valence-corrected chi connectivity index (χ2v) is 9.47. The van der Waals surface area contributed by atoms with Crippen LogP contribution in [0.4, 0.5) is 13.6 Å². The largest absolute Gasteiger partial charge is 0.486 e. The van der Waals surface area contributed by atoms with E-state index >= 15 is 0 Å².